The van der Waals surface area contributed by atoms with Gasteiger partial charge in [-0.05, 0) is 12.3 Å². The molecule has 0 unspecified atom stereocenters. The standard InChI is InChI=1S/C9H13N/c1-4-5-9(7-10)6-8(2)3/h4,6,8H,1,5H2,2-3H3/b9-6-. The Morgan fingerprint density at radius 3 is 2.60 bits per heavy atom. The molecule has 0 atom stereocenters. The minimum atomic E-state index is 0.453. The average Bonchev–Trinajstić information content (AvgIpc) is 1.86. The van der Waals surface area contributed by atoms with Crippen LogP contribution in [0.5, 0.6) is 0 Å². The maximum absolute atomic E-state index is 8.54. The highest BCUT2D eigenvalue weighted by molar-refractivity contribution is 5.23. The first-order chi connectivity index (χ1) is 4.70. The second kappa shape index (κ2) is 4.81. The number of hydrogen-bond donors (Lipinski definition) is 0. The predicted octanol–water partition coefficient (Wildman–Crippen LogP) is 2.67. The lowest BCUT2D eigenvalue weighted by atomic mass is 10.1. The lowest BCUT2D eigenvalue weighted by Gasteiger charge is -1.95. The van der Waals surface area contributed by atoms with Crippen molar-refractivity contribution in [3.05, 3.63) is 24.3 Å². The van der Waals surface area contributed by atoms with Crippen molar-refractivity contribution in [2.45, 2.75) is 20.3 Å². The highest BCUT2D eigenvalue weighted by Gasteiger charge is 1.92. The summed E-state index contributed by atoms with van der Waals surface area (Å²) in [6.45, 7) is 7.68. The van der Waals surface area contributed by atoms with Gasteiger partial charge in [0.1, 0.15) is 0 Å². The Kier molecular flexibility index (Phi) is 4.32. The number of rotatable bonds is 3. The second-order valence-electron chi connectivity index (χ2n) is 2.54. The Morgan fingerprint density at radius 1 is 1.70 bits per heavy atom. The molecule has 0 aliphatic carbocycles. The summed E-state index contributed by atoms with van der Waals surface area (Å²) in [5, 5.41) is 8.54. The van der Waals surface area contributed by atoms with Gasteiger partial charge in [0.05, 0.1) is 6.07 Å². The van der Waals surface area contributed by atoms with Crippen molar-refractivity contribution in [2.75, 3.05) is 0 Å². The third-order valence-electron chi connectivity index (χ3n) is 1.04. The van der Waals surface area contributed by atoms with Crippen LogP contribution in [0.4, 0.5) is 0 Å². The maximum atomic E-state index is 8.54. The van der Waals surface area contributed by atoms with Crippen LogP contribution in [0, 0.1) is 17.2 Å². The van der Waals surface area contributed by atoms with Gasteiger partial charge in [-0.15, -0.1) is 6.58 Å². The van der Waals surface area contributed by atoms with Gasteiger partial charge >= 0.3 is 0 Å². The van der Waals surface area contributed by atoms with Crippen LogP contribution < -0.4 is 0 Å². The molecular weight excluding hydrogens is 122 g/mol. The van der Waals surface area contributed by atoms with E-state index in [1.165, 1.54) is 0 Å². The van der Waals surface area contributed by atoms with Crippen LogP contribution in [-0.2, 0) is 0 Å². The Hall–Kier alpha value is -1.03. The molecule has 0 saturated heterocycles. The van der Waals surface area contributed by atoms with Crippen molar-refractivity contribution in [3.63, 3.8) is 0 Å². The van der Waals surface area contributed by atoms with Gasteiger partial charge in [0.15, 0.2) is 0 Å². The number of hydrogen-bond acceptors (Lipinski definition) is 1. The quantitative estimate of drug-likeness (QED) is 0.431. The van der Waals surface area contributed by atoms with Crippen LogP contribution in [0.25, 0.3) is 0 Å². The maximum Gasteiger partial charge on any atom is 0.0947 e. The van der Waals surface area contributed by atoms with Crippen molar-refractivity contribution >= 4 is 0 Å². The summed E-state index contributed by atoms with van der Waals surface area (Å²) in [5.41, 5.74) is 0.810. The van der Waals surface area contributed by atoms with E-state index in [9.17, 15) is 0 Å². The Morgan fingerprint density at radius 2 is 2.30 bits per heavy atom. The van der Waals surface area contributed by atoms with Crippen LogP contribution in [0.15, 0.2) is 24.3 Å². The summed E-state index contributed by atoms with van der Waals surface area (Å²) in [7, 11) is 0. The first kappa shape index (κ1) is 8.97. The first-order valence-corrected chi connectivity index (χ1v) is 3.42. The van der Waals surface area contributed by atoms with Gasteiger partial charge < -0.3 is 0 Å². The zero-order valence-corrected chi connectivity index (χ0v) is 6.59. The molecule has 0 bridgehead atoms. The Balaban J connectivity index is 4.07. The van der Waals surface area contributed by atoms with Gasteiger partial charge in [-0.1, -0.05) is 26.0 Å². The molecule has 0 aromatic carbocycles. The lowest BCUT2D eigenvalue weighted by molar-refractivity contribution is 0.822. The summed E-state index contributed by atoms with van der Waals surface area (Å²) in [5.74, 6) is 0.453. The van der Waals surface area contributed by atoms with Crippen LogP contribution in [0.2, 0.25) is 0 Å². The molecule has 10 heavy (non-hydrogen) atoms. The molecule has 0 aromatic rings. The van der Waals surface area contributed by atoms with Gasteiger partial charge in [-0.2, -0.15) is 5.26 Å². The van der Waals surface area contributed by atoms with Crippen molar-refractivity contribution in [1.82, 2.24) is 0 Å². The van der Waals surface area contributed by atoms with Gasteiger partial charge in [0, 0.05) is 5.57 Å². The topological polar surface area (TPSA) is 23.8 Å². The van der Waals surface area contributed by atoms with Crippen molar-refractivity contribution in [2.24, 2.45) is 5.92 Å². The molecule has 1 nitrogen and oxygen atoms in total. The molecule has 0 rings (SSSR count). The molecule has 0 amide bonds. The predicted molar refractivity (Wildman–Crippen MR) is 43.3 cm³/mol. The highest BCUT2D eigenvalue weighted by atomic mass is 14.2. The highest BCUT2D eigenvalue weighted by Crippen LogP contribution is 2.05. The summed E-state index contributed by atoms with van der Waals surface area (Å²) < 4.78 is 0. The normalized spacial score (nSPS) is 11.2. The van der Waals surface area contributed by atoms with Gasteiger partial charge in [-0.25, -0.2) is 0 Å². The third-order valence-corrected chi connectivity index (χ3v) is 1.04. The van der Waals surface area contributed by atoms with Crippen LogP contribution in [0.1, 0.15) is 20.3 Å². The summed E-state index contributed by atoms with van der Waals surface area (Å²) in [6.07, 6.45) is 4.40. The molecule has 0 aromatic heterocycles. The zero-order chi connectivity index (χ0) is 7.98. The average molecular weight is 135 g/mol. The molecule has 0 radical (unpaired) electrons. The summed E-state index contributed by atoms with van der Waals surface area (Å²) >= 11 is 0. The van der Waals surface area contributed by atoms with E-state index >= 15 is 0 Å². The Bertz CT molecular complexity index is 170. The first-order valence-electron chi connectivity index (χ1n) is 3.42. The molecule has 0 saturated carbocycles. The molecule has 0 aliphatic heterocycles. The fourth-order valence-corrected chi connectivity index (χ4v) is 0.709. The molecule has 54 valence electrons. The van der Waals surface area contributed by atoms with E-state index in [-0.39, 0.29) is 0 Å². The fraction of sp³-hybridized carbons (Fsp3) is 0.444. The van der Waals surface area contributed by atoms with Gasteiger partial charge in [-0.3, -0.25) is 0 Å². The fourth-order valence-electron chi connectivity index (χ4n) is 0.709. The molecule has 1 heteroatoms. The lowest BCUT2D eigenvalue weighted by Crippen LogP contribution is -1.83. The van der Waals surface area contributed by atoms with Crippen LogP contribution in [-0.4, -0.2) is 0 Å². The zero-order valence-electron chi connectivity index (χ0n) is 6.59. The largest absolute Gasteiger partial charge is 0.193 e. The molecule has 0 heterocycles. The van der Waals surface area contributed by atoms with Crippen molar-refractivity contribution < 1.29 is 0 Å². The Labute approximate surface area is 62.7 Å². The summed E-state index contributed by atoms with van der Waals surface area (Å²) in [4.78, 5) is 0. The molecule has 0 fully saturated rings. The molecular formula is C9H13N. The van der Waals surface area contributed by atoms with E-state index < -0.39 is 0 Å². The minimum Gasteiger partial charge on any atom is -0.193 e. The van der Waals surface area contributed by atoms with Crippen molar-refractivity contribution in [3.8, 4) is 6.07 Å². The second-order valence-corrected chi connectivity index (χ2v) is 2.54. The van der Waals surface area contributed by atoms with Crippen LogP contribution >= 0.6 is 0 Å². The molecule has 0 N–H and O–H groups in total. The van der Waals surface area contributed by atoms with E-state index in [1.54, 1.807) is 6.08 Å². The summed E-state index contributed by atoms with van der Waals surface area (Å²) in [6, 6.07) is 2.12. The molecule has 0 spiro atoms. The SMILES string of the molecule is C=CC/C(C#N)=C/C(C)C. The smallest absolute Gasteiger partial charge is 0.0947 e. The molecule has 0 aliphatic rings. The van der Waals surface area contributed by atoms with E-state index in [0.29, 0.717) is 12.3 Å². The number of allylic oxidation sites excluding steroid dienone is 3. The number of nitrogens with zero attached hydrogens (tertiary/aromatic N) is 1. The van der Waals surface area contributed by atoms with E-state index in [4.69, 9.17) is 5.26 Å². The van der Waals surface area contributed by atoms with Gasteiger partial charge in [0.2, 0.25) is 0 Å². The van der Waals surface area contributed by atoms with Crippen molar-refractivity contribution in [1.29, 1.82) is 5.26 Å². The minimum absolute atomic E-state index is 0.453. The van der Waals surface area contributed by atoms with Gasteiger partial charge in [0.25, 0.3) is 0 Å². The van der Waals surface area contributed by atoms with E-state index in [2.05, 4.69) is 26.5 Å². The van der Waals surface area contributed by atoms with E-state index in [1.807, 2.05) is 6.08 Å². The van der Waals surface area contributed by atoms with E-state index in [0.717, 1.165) is 5.57 Å². The van der Waals surface area contributed by atoms with Crippen LogP contribution in [0.3, 0.4) is 0 Å². The number of nitriles is 1. The third kappa shape index (κ3) is 3.91. The monoisotopic (exact) mass is 135 g/mol.